The molecule has 4 heteroatoms. The second kappa shape index (κ2) is 5.23. The van der Waals surface area contributed by atoms with Crippen molar-refractivity contribution < 1.29 is 9.90 Å². The number of aliphatic carboxylic acids is 1. The molecule has 0 rings (SSSR count). The molecule has 0 aliphatic rings. The molecule has 50 valence electrons. The molecule has 0 aromatic rings. The first kappa shape index (κ1) is 12.1. The van der Waals surface area contributed by atoms with Crippen LogP contribution in [0.1, 0.15) is 13.8 Å². The normalized spacial score (nSPS) is 12.4. The molecule has 0 aromatic heterocycles. The standard InChI is InChI=1S/C5H11NO2.Na.H/c1-3(2)4(6)5(7)8;;/h3-4H,6H2,1-2H3,(H,7,8);;. The van der Waals surface area contributed by atoms with Gasteiger partial charge < -0.3 is 10.8 Å². The average molecular weight is 141 g/mol. The Balaban J connectivity index is 0. The first-order valence-electron chi connectivity index (χ1n) is 2.54. The van der Waals surface area contributed by atoms with Gasteiger partial charge in [-0.1, -0.05) is 13.8 Å². The fourth-order valence-electron chi connectivity index (χ4n) is 0.285. The third kappa shape index (κ3) is 4.90. The molecule has 9 heavy (non-hydrogen) atoms. The second-order valence-electron chi connectivity index (χ2n) is 2.11. The summed E-state index contributed by atoms with van der Waals surface area (Å²) < 4.78 is 0. The summed E-state index contributed by atoms with van der Waals surface area (Å²) in [6.45, 7) is 3.55. The van der Waals surface area contributed by atoms with Gasteiger partial charge in [-0.15, -0.1) is 0 Å². The van der Waals surface area contributed by atoms with Gasteiger partial charge in [0.2, 0.25) is 0 Å². The van der Waals surface area contributed by atoms with Crippen molar-refractivity contribution in [2.24, 2.45) is 11.7 Å². The maximum atomic E-state index is 10.0. The molecule has 0 fully saturated rings. The number of carboxylic acid groups (broad SMARTS) is 1. The molecule has 0 radical (unpaired) electrons. The molecule has 0 heterocycles. The van der Waals surface area contributed by atoms with Crippen LogP contribution in [0.25, 0.3) is 0 Å². The first-order chi connectivity index (χ1) is 3.55. The minimum absolute atomic E-state index is 0. The van der Waals surface area contributed by atoms with Gasteiger partial charge in [0.1, 0.15) is 6.04 Å². The van der Waals surface area contributed by atoms with Gasteiger partial charge in [-0.25, -0.2) is 0 Å². The van der Waals surface area contributed by atoms with Crippen molar-refractivity contribution in [3.05, 3.63) is 0 Å². The zero-order chi connectivity index (χ0) is 6.73. The van der Waals surface area contributed by atoms with Crippen molar-refractivity contribution in [1.29, 1.82) is 0 Å². The van der Waals surface area contributed by atoms with Crippen LogP contribution in [0.15, 0.2) is 0 Å². The van der Waals surface area contributed by atoms with Crippen LogP contribution in [0.5, 0.6) is 0 Å². The summed E-state index contributed by atoms with van der Waals surface area (Å²) in [6, 6.07) is -0.713. The van der Waals surface area contributed by atoms with E-state index < -0.39 is 12.0 Å². The Bertz CT molecular complexity index is 95.0. The van der Waals surface area contributed by atoms with Crippen molar-refractivity contribution in [2.45, 2.75) is 19.9 Å². The summed E-state index contributed by atoms with van der Waals surface area (Å²) in [7, 11) is 0. The predicted molar refractivity (Wildman–Crippen MR) is 37.6 cm³/mol. The van der Waals surface area contributed by atoms with Gasteiger partial charge in [-0.05, 0) is 5.92 Å². The van der Waals surface area contributed by atoms with Crippen molar-refractivity contribution in [2.75, 3.05) is 0 Å². The molecule has 3 N–H and O–H groups in total. The third-order valence-electron chi connectivity index (χ3n) is 1.00. The van der Waals surface area contributed by atoms with Crippen LogP contribution >= 0.6 is 0 Å². The van der Waals surface area contributed by atoms with E-state index in [1.807, 2.05) is 0 Å². The molecule has 0 aliphatic heterocycles. The van der Waals surface area contributed by atoms with Crippen molar-refractivity contribution in [3.8, 4) is 0 Å². The van der Waals surface area contributed by atoms with Crippen LogP contribution in [0.3, 0.4) is 0 Å². The summed E-state index contributed by atoms with van der Waals surface area (Å²) >= 11 is 0. The molecule has 0 aliphatic carbocycles. The summed E-state index contributed by atoms with van der Waals surface area (Å²) in [4.78, 5) is 10.0. The zero-order valence-corrected chi connectivity index (χ0v) is 5.09. The van der Waals surface area contributed by atoms with Gasteiger partial charge >= 0.3 is 35.5 Å². The molecule has 0 spiro atoms. The Labute approximate surface area is 76.9 Å². The molecular formula is C5H12NNaO2. The summed E-state index contributed by atoms with van der Waals surface area (Å²) in [6.07, 6.45) is 0. The molecule has 0 amide bonds. The van der Waals surface area contributed by atoms with Gasteiger partial charge in [0.05, 0.1) is 0 Å². The van der Waals surface area contributed by atoms with Crippen LogP contribution < -0.4 is 5.73 Å². The molecule has 3 nitrogen and oxygen atoms in total. The minimum atomic E-state index is -0.931. The van der Waals surface area contributed by atoms with Crippen molar-refractivity contribution in [3.63, 3.8) is 0 Å². The molecule has 0 aromatic carbocycles. The van der Waals surface area contributed by atoms with E-state index in [0.29, 0.717) is 0 Å². The fourth-order valence-corrected chi connectivity index (χ4v) is 0.285. The van der Waals surface area contributed by atoms with Crippen LogP contribution in [0.2, 0.25) is 0 Å². The zero-order valence-electron chi connectivity index (χ0n) is 5.09. The van der Waals surface area contributed by atoms with Gasteiger partial charge in [-0.3, -0.25) is 4.79 Å². The Morgan fingerprint density at radius 3 is 1.89 bits per heavy atom. The van der Waals surface area contributed by atoms with E-state index in [1.54, 1.807) is 13.8 Å². The fraction of sp³-hybridized carbons (Fsp3) is 0.800. The van der Waals surface area contributed by atoms with Crippen LogP contribution in [0.4, 0.5) is 0 Å². The third-order valence-corrected chi connectivity index (χ3v) is 1.00. The van der Waals surface area contributed by atoms with E-state index in [4.69, 9.17) is 10.8 Å². The quantitative estimate of drug-likeness (QED) is 0.505. The number of hydrogen-bond donors (Lipinski definition) is 2. The van der Waals surface area contributed by atoms with E-state index in [2.05, 4.69) is 0 Å². The number of hydrogen-bond acceptors (Lipinski definition) is 2. The monoisotopic (exact) mass is 141 g/mol. The molecule has 1 unspecified atom stereocenters. The van der Waals surface area contributed by atoms with Gasteiger partial charge in [0.25, 0.3) is 0 Å². The topological polar surface area (TPSA) is 63.3 Å². The molecule has 0 saturated carbocycles. The average Bonchev–Trinajstić information content (AvgIpc) is 1.64. The number of carboxylic acids is 1. The summed E-state index contributed by atoms with van der Waals surface area (Å²) in [5.41, 5.74) is 5.16. The SMILES string of the molecule is CC(C)C(N)C(=O)O.[NaH]. The molecule has 0 bridgehead atoms. The number of rotatable bonds is 2. The van der Waals surface area contributed by atoms with Crippen LogP contribution in [-0.2, 0) is 4.79 Å². The van der Waals surface area contributed by atoms with E-state index in [9.17, 15) is 4.79 Å². The first-order valence-corrected chi connectivity index (χ1v) is 2.54. The van der Waals surface area contributed by atoms with Gasteiger partial charge in [0.15, 0.2) is 0 Å². The van der Waals surface area contributed by atoms with E-state index in [1.165, 1.54) is 0 Å². The summed E-state index contributed by atoms with van der Waals surface area (Å²) in [5.74, 6) is -0.910. The van der Waals surface area contributed by atoms with Gasteiger partial charge in [-0.2, -0.15) is 0 Å². The summed E-state index contributed by atoms with van der Waals surface area (Å²) in [5, 5.41) is 8.23. The van der Waals surface area contributed by atoms with E-state index in [0.717, 1.165) is 0 Å². The molecule has 0 saturated heterocycles. The van der Waals surface area contributed by atoms with Crippen molar-refractivity contribution >= 4 is 35.5 Å². The van der Waals surface area contributed by atoms with Crippen molar-refractivity contribution in [1.82, 2.24) is 0 Å². The number of carbonyl (C=O) groups is 1. The Kier molecular flexibility index (Phi) is 7.06. The van der Waals surface area contributed by atoms with E-state index in [-0.39, 0.29) is 35.5 Å². The molecular weight excluding hydrogens is 129 g/mol. The number of nitrogens with two attached hydrogens (primary N) is 1. The maximum absolute atomic E-state index is 10.0. The molecule has 1 atom stereocenters. The van der Waals surface area contributed by atoms with Gasteiger partial charge in [0, 0.05) is 0 Å². The Morgan fingerprint density at radius 1 is 1.56 bits per heavy atom. The second-order valence-corrected chi connectivity index (χ2v) is 2.11. The van der Waals surface area contributed by atoms with Crippen LogP contribution in [0, 0.1) is 5.92 Å². The van der Waals surface area contributed by atoms with Crippen LogP contribution in [-0.4, -0.2) is 46.7 Å². The Morgan fingerprint density at radius 2 is 1.89 bits per heavy atom. The Hall–Kier alpha value is 0.430. The predicted octanol–water partition coefficient (Wildman–Crippen LogP) is -0.594. The van der Waals surface area contributed by atoms with E-state index >= 15 is 0 Å².